The van der Waals surface area contributed by atoms with E-state index in [1.165, 1.54) is 12.1 Å². The number of hydrogen-bond acceptors (Lipinski definition) is 3. The van der Waals surface area contributed by atoms with Gasteiger partial charge in [0.15, 0.2) is 0 Å². The van der Waals surface area contributed by atoms with Gasteiger partial charge in [0, 0.05) is 61.4 Å². The van der Waals surface area contributed by atoms with E-state index in [1.54, 1.807) is 18.2 Å². The van der Waals surface area contributed by atoms with Gasteiger partial charge in [-0.1, -0.05) is 44.7 Å². The van der Waals surface area contributed by atoms with Crippen molar-refractivity contribution in [3.8, 4) is 11.8 Å². The third-order valence-electron chi connectivity index (χ3n) is 6.97. The third-order valence-corrected chi connectivity index (χ3v) is 6.97. The first kappa shape index (κ1) is 34.5. The van der Waals surface area contributed by atoms with Crippen LogP contribution in [-0.4, -0.2) is 42.4 Å². The van der Waals surface area contributed by atoms with E-state index >= 15 is 0 Å². The highest BCUT2D eigenvalue weighted by Gasteiger charge is 2.20. The second kappa shape index (κ2) is 17.9. The molecule has 1 atom stereocenters. The van der Waals surface area contributed by atoms with E-state index in [4.69, 9.17) is 0 Å². The molecule has 7 heteroatoms. The minimum Gasteiger partial charge on any atom is -0.349 e. The Morgan fingerprint density at radius 3 is 2.27 bits per heavy atom. The van der Waals surface area contributed by atoms with Crippen LogP contribution >= 0.6 is 0 Å². The van der Waals surface area contributed by atoms with Crippen LogP contribution in [0.4, 0.5) is 8.78 Å². The minimum atomic E-state index is -0.671. The van der Waals surface area contributed by atoms with E-state index in [0.717, 1.165) is 48.4 Å². The molecular formula is C37H44F2N3O2. The topological polar surface area (TPSA) is 61.4 Å². The second-order valence-corrected chi connectivity index (χ2v) is 11.1. The Labute approximate surface area is 261 Å². The van der Waals surface area contributed by atoms with Crippen molar-refractivity contribution in [2.24, 2.45) is 0 Å². The first-order chi connectivity index (χ1) is 21.2. The standard InChI is InChI=1S/C37H44F2N3O2/c1-5-8-9-11-28-12-10-13-29(20-28)26-40-15-14-35(23-30-21-33(38)25-34(39)22-30)41-36(43)31-18-27(4)19-32(24-31)37(44)42(16-6-2)17-7-3/h10,12-14,18-22,24-25,35,40H,5-8,15-17,23,26H2,1-4H3,(H,41,43)/t35-/m0/s1. The summed E-state index contributed by atoms with van der Waals surface area (Å²) in [6, 6.07) is 16.0. The van der Waals surface area contributed by atoms with Crippen molar-refractivity contribution in [1.29, 1.82) is 0 Å². The SMILES string of the molecule is CCCC#Cc1cccc(CNC[CH][C@@H](Cc2cc(F)cc(F)c2)NC(=O)c2cc(C)cc(C(=O)N(CCC)CCC)c2)c1. The highest BCUT2D eigenvalue weighted by molar-refractivity contribution is 6.00. The second-order valence-electron chi connectivity index (χ2n) is 11.1. The number of carbonyl (C=O) groups is 2. The number of halogens is 2. The van der Waals surface area contributed by atoms with Crippen molar-refractivity contribution < 1.29 is 18.4 Å². The van der Waals surface area contributed by atoms with Gasteiger partial charge in [-0.2, -0.15) is 0 Å². The fraction of sp³-hybridized carbons (Fsp3) is 0.378. The van der Waals surface area contributed by atoms with Crippen LogP contribution in [0.1, 0.15) is 89.4 Å². The molecule has 0 bridgehead atoms. The van der Waals surface area contributed by atoms with Gasteiger partial charge in [-0.3, -0.25) is 9.59 Å². The molecule has 2 amide bonds. The zero-order valence-corrected chi connectivity index (χ0v) is 26.3. The lowest BCUT2D eigenvalue weighted by Gasteiger charge is -2.22. The number of unbranched alkanes of at least 4 members (excludes halogenated alkanes) is 1. The number of nitrogens with one attached hydrogen (secondary N) is 2. The molecule has 3 aromatic rings. The first-order valence-electron chi connectivity index (χ1n) is 15.5. The molecular weight excluding hydrogens is 556 g/mol. The first-order valence-corrected chi connectivity index (χ1v) is 15.5. The van der Waals surface area contributed by atoms with Gasteiger partial charge < -0.3 is 15.5 Å². The molecule has 0 saturated carbocycles. The molecule has 0 aliphatic heterocycles. The Morgan fingerprint density at radius 2 is 1.59 bits per heavy atom. The molecule has 3 aromatic carbocycles. The number of hydrogen-bond donors (Lipinski definition) is 2. The van der Waals surface area contributed by atoms with Gasteiger partial charge in [0.25, 0.3) is 11.8 Å². The molecule has 0 spiro atoms. The fourth-order valence-corrected chi connectivity index (χ4v) is 4.99. The Balaban J connectivity index is 1.73. The van der Waals surface area contributed by atoms with E-state index in [0.29, 0.717) is 42.9 Å². The van der Waals surface area contributed by atoms with Crippen LogP contribution in [0.5, 0.6) is 0 Å². The van der Waals surface area contributed by atoms with Crippen LogP contribution < -0.4 is 10.6 Å². The summed E-state index contributed by atoms with van der Waals surface area (Å²) in [6.45, 7) is 10.3. The van der Waals surface area contributed by atoms with Crippen molar-refractivity contribution in [3.63, 3.8) is 0 Å². The maximum Gasteiger partial charge on any atom is 0.253 e. The molecule has 0 unspecified atom stereocenters. The van der Waals surface area contributed by atoms with E-state index in [2.05, 4.69) is 29.4 Å². The summed E-state index contributed by atoms with van der Waals surface area (Å²) in [5.74, 6) is 4.54. The molecule has 0 heterocycles. The lowest BCUT2D eigenvalue weighted by Crippen LogP contribution is -2.39. The molecule has 44 heavy (non-hydrogen) atoms. The summed E-state index contributed by atoms with van der Waals surface area (Å²) in [6.07, 6.45) is 5.64. The maximum absolute atomic E-state index is 14.0. The minimum absolute atomic E-state index is 0.102. The molecule has 0 aromatic heterocycles. The van der Waals surface area contributed by atoms with Crippen molar-refractivity contribution in [2.75, 3.05) is 19.6 Å². The van der Waals surface area contributed by atoms with Gasteiger partial charge in [0.2, 0.25) is 0 Å². The molecule has 233 valence electrons. The van der Waals surface area contributed by atoms with Gasteiger partial charge >= 0.3 is 0 Å². The third kappa shape index (κ3) is 11.2. The van der Waals surface area contributed by atoms with Gasteiger partial charge in [0.1, 0.15) is 11.6 Å². The van der Waals surface area contributed by atoms with E-state index in [1.807, 2.05) is 56.4 Å². The Morgan fingerprint density at radius 1 is 0.886 bits per heavy atom. The monoisotopic (exact) mass is 600 g/mol. The summed E-state index contributed by atoms with van der Waals surface area (Å²) in [4.78, 5) is 28.6. The van der Waals surface area contributed by atoms with Crippen molar-refractivity contribution in [3.05, 3.63) is 112 Å². The van der Waals surface area contributed by atoms with Crippen LogP contribution in [0.15, 0.2) is 60.7 Å². The van der Waals surface area contributed by atoms with Gasteiger partial charge in [-0.25, -0.2) is 8.78 Å². The number of aryl methyl sites for hydroxylation is 1. The largest absolute Gasteiger partial charge is 0.349 e. The summed E-state index contributed by atoms with van der Waals surface area (Å²) < 4.78 is 27.9. The van der Waals surface area contributed by atoms with Gasteiger partial charge in [0.05, 0.1) is 0 Å². The predicted molar refractivity (Wildman–Crippen MR) is 173 cm³/mol. The molecule has 5 nitrogen and oxygen atoms in total. The summed E-state index contributed by atoms with van der Waals surface area (Å²) >= 11 is 0. The van der Waals surface area contributed by atoms with Crippen molar-refractivity contribution in [1.82, 2.24) is 15.5 Å². The summed E-state index contributed by atoms with van der Waals surface area (Å²) in [7, 11) is 0. The smallest absolute Gasteiger partial charge is 0.253 e. The zero-order chi connectivity index (χ0) is 31.9. The highest BCUT2D eigenvalue weighted by Crippen LogP contribution is 2.16. The number of amides is 2. The Hall–Kier alpha value is -4.02. The molecule has 0 aliphatic carbocycles. The average molecular weight is 601 g/mol. The quantitative estimate of drug-likeness (QED) is 0.146. The Bertz CT molecular complexity index is 1430. The lowest BCUT2D eigenvalue weighted by atomic mass is 10.0. The molecule has 3 rings (SSSR count). The van der Waals surface area contributed by atoms with Gasteiger partial charge in [-0.15, -0.1) is 0 Å². The van der Waals surface area contributed by atoms with Gasteiger partial charge in [-0.05, 0) is 98.2 Å². The number of benzene rings is 3. The van der Waals surface area contributed by atoms with E-state index in [9.17, 15) is 18.4 Å². The summed E-state index contributed by atoms with van der Waals surface area (Å²) in [5.41, 5.74) is 4.09. The number of carbonyl (C=O) groups excluding carboxylic acids is 2. The Kier molecular flexibility index (Phi) is 14.1. The van der Waals surface area contributed by atoms with Crippen LogP contribution in [-0.2, 0) is 13.0 Å². The normalized spacial score (nSPS) is 11.4. The summed E-state index contributed by atoms with van der Waals surface area (Å²) in [5, 5.41) is 6.37. The fourth-order valence-electron chi connectivity index (χ4n) is 4.99. The van der Waals surface area contributed by atoms with E-state index < -0.39 is 17.7 Å². The molecule has 2 N–H and O–H groups in total. The molecule has 1 radical (unpaired) electrons. The van der Waals surface area contributed by atoms with Crippen LogP contribution in [0, 0.1) is 36.8 Å². The zero-order valence-electron chi connectivity index (χ0n) is 26.3. The number of rotatable bonds is 15. The molecule has 0 fully saturated rings. The van der Waals surface area contributed by atoms with Crippen LogP contribution in [0.2, 0.25) is 0 Å². The maximum atomic E-state index is 14.0. The van der Waals surface area contributed by atoms with Crippen LogP contribution in [0.25, 0.3) is 0 Å². The van der Waals surface area contributed by atoms with Crippen LogP contribution in [0.3, 0.4) is 0 Å². The van der Waals surface area contributed by atoms with Crippen molar-refractivity contribution in [2.45, 2.75) is 72.4 Å². The predicted octanol–water partition coefficient (Wildman–Crippen LogP) is 7.02. The molecule has 0 aliphatic rings. The van der Waals surface area contributed by atoms with E-state index in [-0.39, 0.29) is 18.2 Å². The molecule has 0 saturated heterocycles. The van der Waals surface area contributed by atoms with Crippen molar-refractivity contribution >= 4 is 11.8 Å². The lowest BCUT2D eigenvalue weighted by molar-refractivity contribution is 0.0755. The number of nitrogens with zero attached hydrogens (tertiary/aromatic N) is 1. The average Bonchev–Trinajstić information content (AvgIpc) is 2.98. The highest BCUT2D eigenvalue weighted by atomic mass is 19.1.